The maximum absolute atomic E-state index is 11.5. The van der Waals surface area contributed by atoms with Crippen molar-refractivity contribution in [2.24, 2.45) is 0 Å². The largest absolute Gasteiger partial charge is 0.496 e. The molecule has 0 fully saturated rings. The van der Waals surface area contributed by atoms with Gasteiger partial charge in [-0.1, -0.05) is 24.3 Å². The van der Waals surface area contributed by atoms with E-state index in [0.717, 1.165) is 11.1 Å². The van der Waals surface area contributed by atoms with Crippen molar-refractivity contribution in [3.63, 3.8) is 0 Å². The van der Waals surface area contributed by atoms with Crippen molar-refractivity contribution in [2.45, 2.75) is 20.0 Å². The van der Waals surface area contributed by atoms with Crippen LogP contribution in [0.25, 0.3) is 0 Å². The minimum Gasteiger partial charge on any atom is -0.496 e. The Morgan fingerprint density at radius 2 is 1.83 bits per heavy atom. The number of carbonyl (C=O) groups is 2. The van der Waals surface area contributed by atoms with Gasteiger partial charge in [-0.25, -0.2) is 0 Å². The molecule has 5 heteroatoms. The standard InChI is InChI=1S/C18H18O5/c1-12(19)16-7-6-15(10-17(16)22-2)23-11-14-5-3-4-13(8-14)9-18(20)21/h3-8,10H,9,11H2,1-2H3,(H,20,21). The Morgan fingerprint density at radius 3 is 2.48 bits per heavy atom. The molecule has 0 aliphatic heterocycles. The molecule has 5 nitrogen and oxygen atoms in total. The van der Waals surface area contributed by atoms with Gasteiger partial charge in [-0.05, 0) is 30.2 Å². The highest BCUT2D eigenvalue weighted by Crippen LogP contribution is 2.25. The van der Waals surface area contributed by atoms with Crippen molar-refractivity contribution in [2.75, 3.05) is 7.11 Å². The summed E-state index contributed by atoms with van der Waals surface area (Å²) in [5, 5.41) is 8.82. The summed E-state index contributed by atoms with van der Waals surface area (Å²) in [5.74, 6) is 0.104. The van der Waals surface area contributed by atoms with E-state index in [1.54, 1.807) is 36.4 Å². The maximum Gasteiger partial charge on any atom is 0.307 e. The number of benzene rings is 2. The highest BCUT2D eigenvalue weighted by atomic mass is 16.5. The van der Waals surface area contributed by atoms with Crippen LogP contribution in [-0.4, -0.2) is 24.0 Å². The average Bonchev–Trinajstić information content (AvgIpc) is 2.52. The van der Waals surface area contributed by atoms with Gasteiger partial charge in [0.15, 0.2) is 5.78 Å². The Balaban J connectivity index is 2.09. The highest BCUT2D eigenvalue weighted by Gasteiger charge is 2.09. The molecule has 23 heavy (non-hydrogen) atoms. The Morgan fingerprint density at radius 1 is 1.09 bits per heavy atom. The summed E-state index contributed by atoms with van der Waals surface area (Å²) in [6.45, 7) is 1.78. The Bertz CT molecular complexity index is 721. The summed E-state index contributed by atoms with van der Waals surface area (Å²) >= 11 is 0. The van der Waals surface area contributed by atoms with Crippen LogP contribution in [0.15, 0.2) is 42.5 Å². The van der Waals surface area contributed by atoms with Gasteiger partial charge in [0, 0.05) is 6.07 Å². The number of Topliss-reactive ketones (excluding diaryl/α,β-unsaturated/α-hetero) is 1. The third-order valence-electron chi connectivity index (χ3n) is 3.30. The summed E-state index contributed by atoms with van der Waals surface area (Å²) in [4.78, 5) is 22.2. The van der Waals surface area contributed by atoms with Crippen molar-refractivity contribution in [3.8, 4) is 11.5 Å². The molecule has 0 amide bonds. The summed E-state index contributed by atoms with van der Waals surface area (Å²) in [5.41, 5.74) is 2.10. The van der Waals surface area contributed by atoms with E-state index in [0.29, 0.717) is 23.7 Å². The lowest BCUT2D eigenvalue weighted by molar-refractivity contribution is -0.136. The Labute approximate surface area is 134 Å². The summed E-state index contributed by atoms with van der Waals surface area (Å²) in [6.07, 6.45) is -0.0189. The van der Waals surface area contributed by atoms with Crippen LogP contribution in [0, 0.1) is 0 Å². The van der Waals surface area contributed by atoms with E-state index in [2.05, 4.69) is 0 Å². The van der Waals surface area contributed by atoms with E-state index in [1.165, 1.54) is 14.0 Å². The molecule has 2 rings (SSSR count). The first-order valence-corrected chi connectivity index (χ1v) is 7.11. The number of carboxylic acids is 1. The van der Waals surface area contributed by atoms with Crippen molar-refractivity contribution in [1.82, 2.24) is 0 Å². The molecule has 0 spiro atoms. The van der Waals surface area contributed by atoms with Crippen LogP contribution >= 0.6 is 0 Å². The van der Waals surface area contributed by atoms with Crippen molar-refractivity contribution >= 4 is 11.8 Å². The first-order chi connectivity index (χ1) is 11.0. The van der Waals surface area contributed by atoms with Crippen LogP contribution in [0.4, 0.5) is 0 Å². The zero-order valence-electron chi connectivity index (χ0n) is 13.0. The number of hydrogen-bond donors (Lipinski definition) is 1. The number of carbonyl (C=O) groups excluding carboxylic acids is 1. The van der Waals surface area contributed by atoms with Gasteiger partial charge >= 0.3 is 5.97 Å². The Kier molecular flexibility index (Phi) is 5.36. The van der Waals surface area contributed by atoms with E-state index < -0.39 is 5.97 Å². The fourth-order valence-corrected chi connectivity index (χ4v) is 2.22. The minimum absolute atomic E-state index is 0.0189. The molecular formula is C18H18O5. The molecule has 0 heterocycles. The maximum atomic E-state index is 11.5. The normalized spacial score (nSPS) is 10.2. The highest BCUT2D eigenvalue weighted by molar-refractivity contribution is 5.97. The van der Waals surface area contributed by atoms with Crippen LogP contribution in [0.2, 0.25) is 0 Å². The van der Waals surface area contributed by atoms with Crippen LogP contribution in [0.3, 0.4) is 0 Å². The van der Waals surface area contributed by atoms with Gasteiger partial charge < -0.3 is 14.6 Å². The zero-order valence-corrected chi connectivity index (χ0v) is 13.0. The number of rotatable bonds is 7. The number of methoxy groups -OCH3 is 1. The van der Waals surface area contributed by atoms with Gasteiger partial charge in [-0.2, -0.15) is 0 Å². The zero-order chi connectivity index (χ0) is 16.8. The van der Waals surface area contributed by atoms with E-state index in [-0.39, 0.29) is 12.2 Å². The van der Waals surface area contributed by atoms with E-state index >= 15 is 0 Å². The van der Waals surface area contributed by atoms with Gasteiger partial charge in [0.25, 0.3) is 0 Å². The van der Waals surface area contributed by atoms with Gasteiger partial charge in [-0.3, -0.25) is 9.59 Å². The van der Waals surface area contributed by atoms with Crippen LogP contribution in [-0.2, 0) is 17.8 Å². The molecule has 0 atom stereocenters. The number of ether oxygens (including phenoxy) is 2. The second kappa shape index (κ2) is 7.45. The third-order valence-corrected chi connectivity index (χ3v) is 3.30. The van der Waals surface area contributed by atoms with Crippen molar-refractivity contribution < 1.29 is 24.2 Å². The van der Waals surface area contributed by atoms with Gasteiger partial charge in [-0.15, -0.1) is 0 Å². The molecule has 0 unspecified atom stereocenters. The van der Waals surface area contributed by atoms with E-state index in [1.807, 2.05) is 6.07 Å². The molecule has 2 aromatic carbocycles. The molecule has 0 saturated carbocycles. The molecule has 0 saturated heterocycles. The number of ketones is 1. The van der Waals surface area contributed by atoms with Crippen LogP contribution < -0.4 is 9.47 Å². The smallest absolute Gasteiger partial charge is 0.307 e. The lowest BCUT2D eigenvalue weighted by atomic mass is 10.1. The Hall–Kier alpha value is -2.82. The van der Waals surface area contributed by atoms with Gasteiger partial charge in [0.05, 0.1) is 19.1 Å². The van der Waals surface area contributed by atoms with Gasteiger partial charge in [0.2, 0.25) is 0 Å². The number of carboxylic acid groups (broad SMARTS) is 1. The lowest BCUT2D eigenvalue weighted by Crippen LogP contribution is -2.02. The third kappa shape index (κ3) is 4.57. The van der Waals surface area contributed by atoms with E-state index in [9.17, 15) is 9.59 Å². The number of aliphatic carboxylic acids is 1. The van der Waals surface area contributed by atoms with Crippen LogP contribution in [0.1, 0.15) is 28.4 Å². The second-order valence-corrected chi connectivity index (χ2v) is 5.10. The topological polar surface area (TPSA) is 72.8 Å². The van der Waals surface area contributed by atoms with Crippen molar-refractivity contribution in [3.05, 3.63) is 59.2 Å². The van der Waals surface area contributed by atoms with Crippen LogP contribution in [0.5, 0.6) is 11.5 Å². The average molecular weight is 314 g/mol. The SMILES string of the molecule is COc1cc(OCc2cccc(CC(=O)O)c2)ccc1C(C)=O. The van der Waals surface area contributed by atoms with Gasteiger partial charge in [0.1, 0.15) is 18.1 Å². The molecule has 0 aliphatic rings. The van der Waals surface area contributed by atoms with E-state index in [4.69, 9.17) is 14.6 Å². The molecule has 0 aliphatic carbocycles. The minimum atomic E-state index is -0.868. The summed E-state index contributed by atoms with van der Waals surface area (Å²) < 4.78 is 10.9. The fraction of sp³-hybridized carbons (Fsp3) is 0.222. The molecule has 0 aromatic heterocycles. The number of hydrogen-bond acceptors (Lipinski definition) is 4. The quantitative estimate of drug-likeness (QED) is 0.795. The predicted molar refractivity (Wildman–Crippen MR) is 85.1 cm³/mol. The predicted octanol–water partition coefficient (Wildman–Crippen LogP) is 3.10. The molecule has 0 bridgehead atoms. The first kappa shape index (κ1) is 16.5. The monoisotopic (exact) mass is 314 g/mol. The lowest BCUT2D eigenvalue weighted by Gasteiger charge is -2.11. The fourth-order valence-electron chi connectivity index (χ4n) is 2.22. The molecular weight excluding hydrogens is 296 g/mol. The summed E-state index contributed by atoms with van der Waals surface area (Å²) in [6, 6.07) is 12.3. The second-order valence-electron chi connectivity index (χ2n) is 5.10. The summed E-state index contributed by atoms with van der Waals surface area (Å²) in [7, 11) is 1.50. The molecule has 120 valence electrons. The van der Waals surface area contributed by atoms with Crippen molar-refractivity contribution in [1.29, 1.82) is 0 Å². The first-order valence-electron chi connectivity index (χ1n) is 7.11. The molecule has 1 N–H and O–H groups in total. The molecule has 0 radical (unpaired) electrons. The molecule has 2 aromatic rings.